The molecule has 5 nitrogen and oxygen atoms in total. The number of nitrogens with two attached hydrogens (primary N) is 1. The number of pyridine rings is 1. The lowest BCUT2D eigenvalue weighted by Crippen LogP contribution is -1.94. The van der Waals surface area contributed by atoms with Crippen molar-refractivity contribution in [2.24, 2.45) is 0 Å². The normalized spacial score (nSPS) is 14.1. The van der Waals surface area contributed by atoms with Crippen molar-refractivity contribution in [1.29, 1.82) is 0 Å². The third-order valence-corrected chi connectivity index (χ3v) is 5.44. The molecule has 3 N–H and O–H groups in total. The van der Waals surface area contributed by atoms with Crippen molar-refractivity contribution < 1.29 is 9.84 Å². The number of hydrogen-bond acceptors (Lipinski definition) is 4. The first-order chi connectivity index (χ1) is 13.1. The number of nitrogens with zero attached hydrogens (tertiary/aromatic N) is 2. The number of aromatic hydroxyl groups is 1. The molecule has 0 amide bonds. The third kappa shape index (κ3) is 2.42. The average molecular weight is 380 g/mol. The molecule has 6 heteroatoms. The van der Waals surface area contributed by atoms with E-state index in [-0.39, 0.29) is 5.88 Å². The molecule has 0 spiro atoms. The van der Waals surface area contributed by atoms with Crippen molar-refractivity contribution >= 4 is 39.1 Å². The molecule has 2 heterocycles. The first kappa shape index (κ1) is 16.3. The number of ether oxygens (including phenoxy) is 1. The molecule has 4 aromatic rings. The van der Waals surface area contributed by atoms with Gasteiger partial charge in [0.25, 0.3) is 0 Å². The minimum Gasteiger partial charge on any atom is -0.496 e. The van der Waals surface area contributed by atoms with Gasteiger partial charge < -0.3 is 20.1 Å². The second-order valence-corrected chi connectivity index (χ2v) is 7.36. The van der Waals surface area contributed by atoms with E-state index in [1.807, 2.05) is 41.1 Å². The minimum atomic E-state index is 0.199. The van der Waals surface area contributed by atoms with Crippen LogP contribution in [0.4, 0.5) is 5.69 Å². The Balaban J connectivity index is 1.85. The summed E-state index contributed by atoms with van der Waals surface area (Å²) in [5.41, 5.74) is 10.2. The van der Waals surface area contributed by atoms with E-state index in [1.165, 1.54) is 0 Å². The van der Waals surface area contributed by atoms with E-state index in [0.717, 1.165) is 34.9 Å². The van der Waals surface area contributed by atoms with Crippen LogP contribution in [0.1, 0.15) is 18.9 Å². The fraction of sp³-hybridized carbons (Fsp3) is 0.190. The van der Waals surface area contributed by atoms with Crippen LogP contribution >= 0.6 is 11.6 Å². The number of aromatic nitrogens is 2. The predicted octanol–water partition coefficient (Wildman–Crippen LogP) is 5.14. The van der Waals surface area contributed by atoms with Crippen LogP contribution < -0.4 is 10.5 Å². The number of hydrogen-bond donors (Lipinski definition) is 2. The first-order valence-corrected chi connectivity index (χ1v) is 9.22. The Morgan fingerprint density at radius 1 is 1.22 bits per heavy atom. The molecule has 1 aliphatic rings. The van der Waals surface area contributed by atoms with Gasteiger partial charge in [-0.1, -0.05) is 29.8 Å². The molecule has 0 bridgehead atoms. The van der Waals surface area contributed by atoms with E-state index in [2.05, 4.69) is 0 Å². The number of nitrogen functional groups attached to an aromatic ring is 1. The zero-order valence-electron chi connectivity index (χ0n) is 14.7. The van der Waals surface area contributed by atoms with E-state index in [0.29, 0.717) is 33.4 Å². The van der Waals surface area contributed by atoms with Gasteiger partial charge in [-0.3, -0.25) is 0 Å². The molecular formula is C21H18ClN3O2. The van der Waals surface area contributed by atoms with Gasteiger partial charge in [-0.15, -0.1) is 0 Å². The standard InChI is InChI=1S/C21H18ClN3O2/c1-27-17-8-5-11(22)9-15(17)13-3-2-4-14-19(23)18-16(24-20(13)14)10-25(21(18)26)12-6-7-12/h2-5,8-10,12,26H,6-7,23H2,1H3. The Kier molecular flexibility index (Phi) is 3.49. The summed E-state index contributed by atoms with van der Waals surface area (Å²) in [6.45, 7) is 0. The monoisotopic (exact) mass is 379 g/mol. The second-order valence-electron chi connectivity index (χ2n) is 6.92. The Hall–Kier alpha value is -2.92. The fourth-order valence-corrected chi connectivity index (χ4v) is 3.89. The molecule has 27 heavy (non-hydrogen) atoms. The molecule has 0 aliphatic heterocycles. The van der Waals surface area contributed by atoms with Gasteiger partial charge in [0, 0.05) is 33.8 Å². The van der Waals surface area contributed by atoms with Crippen molar-refractivity contribution in [3.8, 4) is 22.8 Å². The molecular weight excluding hydrogens is 362 g/mol. The molecule has 0 saturated heterocycles. The van der Waals surface area contributed by atoms with Crippen molar-refractivity contribution in [1.82, 2.24) is 9.55 Å². The summed E-state index contributed by atoms with van der Waals surface area (Å²) in [5, 5.41) is 12.7. The summed E-state index contributed by atoms with van der Waals surface area (Å²) in [6, 6.07) is 11.7. The molecule has 5 rings (SSSR count). The van der Waals surface area contributed by atoms with Gasteiger partial charge in [-0.25, -0.2) is 4.98 Å². The van der Waals surface area contributed by atoms with Crippen LogP contribution in [0.3, 0.4) is 0 Å². The highest BCUT2D eigenvalue weighted by atomic mass is 35.5. The summed E-state index contributed by atoms with van der Waals surface area (Å²) in [7, 11) is 1.63. The molecule has 0 unspecified atom stereocenters. The third-order valence-electron chi connectivity index (χ3n) is 5.21. The van der Waals surface area contributed by atoms with Gasteiger partial charge in [0.15, 0.2) is 0 Å². The van der Waals surface area contributed by atoms with Crippen molar-refractivity contribution in [3.05, 3.63) is 47.6 Å². The van der Waals surface area contributed by atoms with E-state index < -0.39 is 0 Å². The van der Waals surface area contributed by atoms with Crippen LogP contribution in [0.5, 0.6) is 11.6 Å². The Labute approximate surface area is 160 Å². The highest BCUT2D eigenvalue weighted by Gasteiger charge is 2.28. The maximum Gasteiger partial charge on any atom is 0.203 e. The fourth-order valence-electron chi connectivity index (χ4n) is 3.72. The Bertz CT molecular complexity index is 1210. The number of rotatable bonds is 3. The predicted molar refractivity (Wildman–Crippen MR) is 109 cm³/mol. The van der Waals surface area contributed by atoms with Gasteiger partial charge in [0.1, 0.15) is 5.75 Å². The number of methoxy groups -OCH3 is 1. The van der Waals surface area contributed by atoms with Crippen molar-refractivity contribution in [2.75, 3.05) is 12.8 Å². The lowest BCUT2D eigenvalue weighted by atomic mass is 9.99. The average Bonchev–Trinajstić information content (AvgIpc) is 3.45. The largest absolute Gasteiger partial charge is 0.496 e. The second kappa shape index (κ2) is 5.79. The van der Waals surface area contributed by atoms with E-state index >= 15 is 0 Å². The Morgan fingerprint density at radius 2 is 2.04 bits per heavy atom. The van der Waals surface area contributed by atoms with Crippen LogP contribution in [0, 0.1) is 0 Å². The highest BCUT2D eigenvalue weighted by molar-refractivity contribution is 6.31. The minimum absolute atomic E-state index is 0.199. The first-order valence-electron chi connectivity index (χ1n) is 8.84. The zero-order valence-corrected chi connectivity index (χ0v) is 15.5. The van der Waals surface area contributed by atoms with E-state index in [1.54, 1.807) is 13.2 Å². The molecule has 2 aromatic heterocycles. The summed E-state index contributed by atoms with van der Waals surface area (Å²) in [6.07, 6.45) is 4.03. The smallest absolute Gasteiger partial charge is 0.203 e. The Morgan fingerprint density at radius 3 is 2.78 bits per heavy atom. The van der Waals surface area contributed by atoms with Gasteiger partial charge in [0.2, 0.25) is 5.88 Å². The van der Waals surface area contributed by atoms with Crippen LogP contribution in [0.2, 0.25) is 5.02 Å². The maximum absolute atomic E-state index is 10.7. The van der Waals surface area contributed by atoms with Gasteiger partial charge >= 0.3 is 0 Å². The van der Waals surface area contributed by atoms with Crippen molar-refractivity contribution in [3.63, 3.8) is 0 Å². The summed E-state index contributed by atoms with van der Waals surface area (Å²) >= 11 is 6.23. The summed E-state index contributed by atoms with van der Waals surface area (Å²) < 4.78 is 7.40. The maximum atomic E-state index is 10.7. The number of anilines is 1. The lowest BCUT2D eigenvalue weighted by molar-refractivity contribution is 0.416. The van der Waals surface area contributed by atoms with E-state index in [4.69, 9.17) is 27.1 Å². The SMILES string of the molecule is COc1ccc(Cl)cc1-c1cccc2c(N)c3c(O)n(C4CC4)cc3nc12. The molecule has 136 valence electrons. The quantitative estimate of drug-likeness (QED) is 0.516. The van der Waals surface area contributed by atoms with Crippen LogP contribution in [0.15, 0.2) is 42.6 Å². The topological polar surface area (TPSA) is 73.3 Å². The molecule has 2 aromatic carbocycles. The molecule has 1 fully saturated rings. The number of para-hydroxylation sites is 1. The van der Waals surface area contributed by atoms with Gasteiger partial charge in [-0.2, -0.15) is 0 Å². The highest BCUT2D eigenvalue weighted by Crippen LogP contribution is 2.45. The molecule has 1 saturated carbocycles. The zero-order chi connectivity index (χ0) is 18.7. The summed E-state index contributed by atoms with van der Waals surface area (Å²) in [5.74, 6) is 0.913. The van der Waals surface area contributed by atoms with Gasteiger partial charge in [-0.05, 0) is 31.0 Å². The molecule has 0 atom stereocenters. The van der Waals surface area contributed by atoms with Gasteiger partial charge in [0.05, 0.1) is 29.2 Å². The molecule has 1 aliphatic carbocycles. The number of fused-ring (bicyclic) bond motifs is 2. The molecule has 0 radical (unpaired) electrons. The van der Waals surface area contributed by atoms with Crippen molar-refractivity contribution in [2.45, 2.75) is 18.9 Å². The van der Waals surface area contributed by atoms with Crippen LogP contribution in [-0.2, 0) is 0 Å². The van der Waals surface area contributed by atoms with Crippen LogP contribution in [-0.4, -0.2) is 21.8 Å². The number of benzene rings is 2. The summed E-state index contributed by atoms with van der Waals surface area (Å²) in [4.78, 5) is 4.85. The number of halogens is 1. The lowest BCUT2D eigenvalue weighted by Gasteiger charge is -2.12. The van der Waals surface area contributed by atoms with E-state index in [9.17, 15) is 5.11 Å². The van der Waals surface area contributed by atoms with Crippen LogP contribution in [0.25, 0.3) is 32.9 Å².